The fraction of sp³-hybridized carbons (Fsp3) is 0.600. The molecule has 3 unspecified atom stereocenters. The van der Waals surface area contributed by atoms with Crippen LogP contribution in [-0.2, 0) is 22.4 Å². The Morgan fingerprint density at radius 1 is 1.31 bits per heavy atom. The largest absolute Gasteiger partial charge is 0.492 e. The summed E-state index contributed by atoms with van der Waals surface area (Å²) in [5.74, 6) is -0.527. The van der Waals surface area contributed by atoms with E-state index in [4.69, 9.17) is 14.5 Å². The number of aliphatic carboxylic acids is 1. The van der Waals surface area contributed by atoms with Gasteiger partial charge in [0.25, 0.3) is 0 Å². The zero-order valence-electron chi connectivity index (χ0n) is 22.6. The minimum atomic E-state index is -1.10. The highest BCUT2D eigenvalue weighted by Crippen LogP contribution is 2.37. The topological polar surface area (TPSA) is 83.9 Å². The van der Waals surface area contributed by atoms with Gasteiger partial charge < -0.3 is 19.9 Å². The molecule has 5 rings (SSSR count). The lowest BCUT2D eigenvalue weighted by molar-refractivity contribution is -0.143. The molecule has 0 aliphatic carbocycles. The van der Waals surface area contributed by atoms with Crippen molar-refractivity contribution in [2.45, 2.75) is 64.1 Å². The van der Waals surface area contributed by atoms with E-state index in [1.165, 1.54) is 23.8 Å². The molecular weight excluding hydrogens is 504 g/mol. The van der Waals surface area contributed by atoms with Gasteiger partial charge in [-0.15, -0.1) is 0 Å². The number of pyridine rings is 1. The maximum Gasteiger partial charge on any atom is 0.325 e. The standard InChI is InChI=1S/C30H39F2N3O4/c1-30(17-38-18-30)19-39-26-11-9-22(31)15-24(26)27(29(36)37)35-14-12-21(16-35)25(32)7-3-2-6-23-10-8-20-5-4-13-33-28(20)34-23/h8-11,15,21,25,27H,2-7,12-14,16-19H2,1H3,(H,33,34)(H,36,37). The van der Waals surface area contributed by atoms with E-state index in [0.29, 0.717) is 51.5 Å². The van der Waals surface area contributed by atoms with Gasteiger partial charge >= 0.3 is 5.97 Å². The van der Waals surface area contributed by atoms with Crippen LogP contribution in [0.1, 0.15) is 61.9 Å². The zero-order chi connectivity index (χ0) is 27.4. The Morgan fingerprint density at radius 3 is 2.92 bits per heavy atom. The average Bonchev–Trinajstić information content (AvgIpc) is 3.39. The Balaban J connectivity index is 1.15. The molecule has 0 amide bonds. The minimum absolute atomic E-state index is 0.141. The van der Waals surface area contributed by atoms with Gasteiger partial charge in [0, 0.05) is 35.7 Å². The van der Waals surface area contributed by atoms with E-state index in [0.717, 1.165) is 50.2 Å². The molecule has 39 heavy (non-hydrogen) atoms. The lowest BCUT2D eigenvalue weighted by Gasteiger charge is -2.38. The van der Waals surface area contributed by atoms with Gasteiger partial charge in [0.2, 0.25) is 0 Å². The van der Waals surface area contributed by atoms with Crippen LogP contribution in [0.3, 0.4) is 0 Å². The van der Waals surface area contributed by atoms with E-state index >= 15 is 4.39 Å². The maximum atomic E-state index is 15.2. The van der Waals surface area contributed by atoms with Gasteiger partial charge in [0.15, 0.2) is 0 Å². The number of unbranched alkanes of at least 4 members (excludes halogenated alkanes) is 1. The van der Waals surface area contributed by atoms with Crippen molar-refractivity contribution in [2.75, 3.05) is 44.8 Å². The first-order chi connectivity index (χ1) is 18.8. The van der Waals surface area contributed by atoms with Crippen molar-refractivity contribution in [2.24, 2.45) is 11.3 Å². The molecule has 2 N–H and O–H groups in total. The number of alkyl halides is 1. The predicted octanol–water partition coefficient (Wildman–Crippen LogP) is 5.19. The molecule has 9 heteroatoms. The smallest absolute Gasteiger partial charge is 0.325 e. The monoisotopic (exact) mass is 543 g/mol. The van der Waals surface area contributed by atoms with E-state index < -0.39 is 24.0 Å². The van der Waals surface area contributed by atoms with E-state index in [1.54, 1.807) is 4.90 Å². The second-order valence-electron chi connectivity index (χ2n) is 11.7. The summed E-state index contributed by atoms with van der Waals surface area (Å²) in [6, 6.07) is 7.12. The normalized spacial score (nSPS) is 21.9. The first kappa shape index (κ1) is 27.8. The summed E-state index contributed by atoms with van der Waals surface area (Å²) >= 11 is 0. The van der Waals surface area contributed by atoms with Crippen molar-refractivity contribution in [1.29, 1.82) is 0 Å². The van der Waals surface area contributed by atoms with Gasteiger partial charge in [-0.2, -0.15) is 0 Å². The Bertz CT molecular complexity index is 1160. The molecule has 0 radical (unpaired) electrons. The highest BCUT2D eigenvalue weighted by atomic mass is 19.1. The number of likely N-dealkylation sites (tertiary alicyclic amines) is 1. The Kier molecular flexibility index (Phi) is 8.67. The van der Waals surface area contributed by atoms with Crippen molar-refractivity contribution in [3.8, 4) is 5.75 Å². The summed E-state index contributed by atoms with van der Waals surface area (Å²) < 4.78 is 40.7. The molecule has 2 aromatic rings. The Hall–Kier alpha value is -2.78. The number of carboxylic acids is 1. The SMILES string of the molecule is CC1(COc2ccc(F)cc2C(C(=O)O)N2CCC(C(F)CCCCc3ccc4c(n3)NCCC4)C2)COC1. The first-order valence-electron chi connectivity index (χ1n) is 14.1. The lowest BCUT2D eigenvalue weighted by Crippen LogP contribution is -2.44. The summed E-state index contributed by atoms with van der Waals surface area (Å²) in [6.45, 7) is 5.23. The van der Waals surface area contributed by atoms with Gasteiger partial charge in [-0.1, -0.05) is 19.4 Å². The third-order valence-corrected chi connectivity index (χ3v) is 8.22. The van der Waals surface area contributed by atoms with Crippen molar-refractivity contribution in [3.63, 3.8) is 0 Å². The molecule has 2 fully saturated rings. The molecule has 3 aliphatic heterocycles. The number of hydrogen-bond acceptors (Lipinski definition) is 6. The molecule has 2 saturated heterocycles. The van der Waals surface area contributed by atoms with Crippen molar-refractivity contribution < 1.29 is 28.2 Å². The van der Waals surface area contributed by atoms with Crippen LogP contribution >= 0.6 is 0 Å². The van der Waals surface area contributed by atoms with E-state index in [1.807, 2.05) is 6.92 Å². The van der Waals surface area contributed by atoms with Crippen LogP contribution in [0.2, 0.25) is 0 Å². The number of halogens is 2. The number of aromatic nitrogens is 1. The quantitative estimate of drug-likeness (QED) is 0.357. The number of ether oxygens (including phenoxy) is 2. The minimum Gasteiger partial charge on any atom is -0.492 e. The molecule has 7 nitrogen and oxygen atoms in total. The van der Waals surface area contributed by atoms with Gasteiger partial charge in [-0.05, 0) is 74.9 Å². The van der Waals surface area contributed by atoms with Gasteiger partial charge in [-0.25, -0.2) is 13.8 Å². The molecule has 1 aromatic carbocycles. The van der Waals surface area contributed by atoms with Crippen LogP contribution in [0.5, 0.6) is 5.75 Å². The molecule has 0 saturated carbocycles. The van der Waals surface area contributed by atoms with E-state index in [2.05, 4.69) is 17.4 Å². The lowest BCUT2D eigenvalue weighted by atomic mass is 9.90. The summed E-state index contributed by atoms with van der Waals surface area (Å²) in [5, 5.41) is 13.5. The molecule has 1 aromatic heterocycles. The van der Waals surface area contributed by atoms with Gasteiger partial charge in [0.1, 0.15) is 29.6 Å². The third-order valence-electron chi connectivity index (χ3n) is 8.22. The second kappa shape index (κ2) is 12.2. The number of nitrogens with zero attached hydrogens (tertiary/aromatic N) is 2. The van der Waals surface area contributed by atoms with E-state index in [9.17, 15) is 14.3 Å². The molecule has 212 valence electrons. The molecule has 4 heterocycles. The molecular formula is C30H39F2N3O4. The second-order valence-corrected chi connectivity index (χ2v) is 11.7. The summed E-state index contributed by atoms with van der Waals surface area (Å²) in [4.78, 5) is 18.9. The fourth-order valence-electron chi connectivity index (χ4n) is 5.87. The summed E-state index contributed by atoms with van der Waals surface area (Å²) in [5.41, 5.74) is 2.42. The van der Waals surface area contributed by atoms with Gasteiger partial charge in [-0.3, -0.25) is 9.69 Å². The van der Waals surface area contributed by atoms with Crippen LogP contribution in [-0.4, -0.2) is 66.6 Å². The van der Waals surface area contributed by atoms with E-state index in [-0.39, 0.29) is 16.9 Å². The van der Waals surface area contributed by atoms with Crippen LogP contribution in [0.25, 0.3) is 0 Å². The molecule has 3 aliphatic rings. The maximum absolute atomic E-state index is 15.2. The number of fused-ring (bicyclic) bond motifs is 1. The first-order valence-corrected chi connectivity index (χ1v) is 14.1. The number of anilines is 1. The Labute approximate surface area is 228 Å². The van der Waals surface area contributed by atoms with Crippen molar-refractivity contribution in [3.05, 3.63) is 53.0 Å². The number of nitrogens with one attached hydrogen (secondary N) is 1. The summed E-state index contributed by atoms with van der Waals surface area (Å²) in [6.07, 6.45) is 4.60. The highest BCUT2D eigenvalue weighted by Gasteiger charge is 2.39. The van der Waals surface area contributed by atoms with Crippen LogP contribution in [0, 0.1) is 17.2 Å². The van der Waals surface area contributed by atoms with Crippen molar-refractivity contribution >= 4 is 11.8 Å². The van der Waals surface area contributed by atoms with Crippen LogP contribution in [0.15, 0.2) is 30.3 Å². The molecule has 0 bridgehead atoms. The molecule has 0 spiro atoms. The fourth-order valence-corrected chi connectivity index (χ4v) is 5.87. The predicted molar refractivity (Wildman–Crippen MR) is 144 cm³/mol. The molecule has 3 atom stereocenters. The average molecular weight is 544 g/mol. The summed E-state index contributed by atoms with van der Waals surface area (Å²) in [7, 11) is 0. The van der Waals surface area contributed by atoms with Crippen molar-refractivity contribution in [1.82, 2.24) is 9.88 Å². The Morgan fingerprint density at radius 2 is 2.15 bits per heavy atom. The zero-order valence-corrected chi connectivity index (χ0v) is 22.6. The highest BCUT2D eigenvalue weighted by molar-refractivity contribution is 5.77. The number of rotatable bonds is 12. The number of carbonyl (C=O) groups is 1. The number of aryl methyl sites for hydroxylation is 2. The van der Waals surface area contributed by atoms with Crippen LogP contribution in [0.4, 0.5) is 14.6 Å². The number of benzene rings is 1. The van der Waals surface area contributed by atoms with Crippen LogP contribution < -0.4 is 10.1 Å². The number of carboxylic acid groups (broad SMARTS) is 1. The third kappa shape index (κ3) is 6.69. The number of hydrogen-bond donors (Lipinski definition) is 2. The van der Waals surface area contributed by atoms with Gasteiger partial charge in [0.05, 0.1) is 19.8 Å².